The monoisotopic (exact) mass is 284 g/mol. The Bertz CT molecular complexity index is 521. The molecule has 3 nitrogen and oxygen atoms in total. The second-order valence-electron chi connectivity index (χ2n) is 5.24. The maximum atomic E-state index is 6.20. The van der Waals surface area contributed by atoms with E-state index in [-0.39, 0.29) is 12.2 Å². The molecular formula is C18H20O3. The second kappa shape index (κ2) is 6.19. The molecule has 3 rings (SSSR count). The fourth-order valence-corrected chi connectivity index (χ4v) is 2.76. The molecule has 0 spiro atoms. The predicted molar refractivity (Wildman–Crippen MR) is 81.8 cm³/mol. The predicted octanol–water partition coefficient (Wildman–Crippen LogP) is 4.30. The zero-order valence-corrected chi connectivity index (χ0v) is 12.4. The quantitative estimate of drug-likeness (QED) is 0.838. The second-order valence-corrected chi connectivity index (χ2v) is 5.24. The minimum Gasteiger partial charge on any atom is -0.497 e. The number of rotatable bonds is 4. The topological polar surface area (TPSA) is 27.7 Å². The third-order valence-electron chi connectivity index (χ3n) is 3.99. The van der Waals surface area contributed by atoms with Gasteiger partial charge < -0.3 is 14.2 Å². The van der Waals surface area contributed by atoms with Crippen LogP contribution in [0.25, 0.3) is 0 Å². The summed E-state index contributed by atoms with van der Waals surface area (Å²) < 4.78 is 16.6. The molecule has 0 N–H and O–H groups in total. The van der Waals surface area contributed by atoms with Crippen LogP contribution in [-0.4, -0.2) is 14.2 Å². The van der Waals surface area contributed by atoms with Gasteiger partial charge in [-0.05, 0) is 48.2 Å². The minimum absolute atomic E-state index is 0.169. The van der Waals surface area contributed by atoms with Crippen LogP contribution in [0, 0.1) is 0 Å². The first-order valence-corrected chi connectivity index (χ1v) is 7.23. The average molecular weight is 284 g/mol. The molecule has 0 saturated carbocycles. The lowest BCUT2D eigenvalue weighted by Crippen LogP contribution is -1.99. The summed E-state index contributed by atoms with van der Waals surface area (Å²) in [6.45, 7) is 0. The Balaban J connectivity index is 1.68. The van der Waals surface area contributed by atoms with Gasteiger partial charge in [-0.25, -0.2) is 0 Å². The van der Waals surface area contributed by atoms with E-state index in [1.807, 2.05) is 24.3 Å². The maximum Gasteiger partial charge on any atom is 0.118 e. The summed E-state index contributed by atoms with van der Waals surface area (Å²) in [5.74, 6) is 1.76. The van der Waals surface area contributed by atoms with Gasteiger partial charge >= 0.3 is 0 Å². The van der Waals surface area contributed by atoms with E-state index in [0.717, 1.165) is 24.3 Å². The molecule has 0 unspecified atom stereocenters. The van der Waals surface area contributed by atoms with Crippen LogP contribution in [0.3, 0.4) is 0 Å². The summed E-state index contributed by atoms with van der Waals surface area (Å²) in [7, 11) is 3.36. The zero-order chi connectivity index (χ0) is 14.7. The summed E-state index contributed by atoms with van der Waals surface area (Å²) in [6.07, 6.45) is 2.43. The minimum atomic E-state index is 0.169. The van der Waals surface area contributed by atoms with Crippen molar-refractivity contribution in [3.8, 4) is 11.5 Å². The highest BCUT2D eigenvalue weighted by Gasteiger charge is 2.27. The molecule has 0 bridgehead atoms. The first-order valence-electron chi connectivity index (χ1n) is 7.23. The van der Waals surface area contributed by atoms with E-state index in [2.05, 4.69) is 24.3 Å². The molecule has 0 radical (unpaired) electrons. The Morgan fingerprint density at radius 1 is 0.714 bits per heavy atom. The molecular weight excluding hydrogens is 264 g/mol. The standard InChI is InChI=1S/C18H20O3/c1-19-15-7-3-13(4-8-15)17-11-12-18(21-17)14-5-9-16(20-2)10-6-14/h3-10,17-18H,11-12H2,1-2H3/t17-,18-/m1/s1. The van der Waals surface area contributed by atoms with Crippen molar-refractivity contribution < 1.29 is 14.2 Å². The molecule has 1 saturated heterocycles. The molecule has 110 valence electrons. The van der Waals surface area contributed by atoms with Gasteiger partial charge in [0, 0.05) is 0 Å². The van der Waals surface area contributed by atoms with Crippen LogP contribution in [-0.2, 0) is 4.74 Å². The Morgan fingerprint density at radius 3 is 1.43 bits per heavy atom. The molecule has 21 heavy (non-hydrogen) atoms. The van der Waals surface area contributed by atoms with Crippen molar-refractivity contribution in [1.29, 1.82) is 0 Å². The van der Waals surface area contributed by atoms with Crippen LogP contribution in [0.1, 0.15) is 36.2 Å². The molecule has 1 aliphatic rings. The van der Waals surface area contributed by atoms with Crippen LogP contribution in [0.5, 0.6) is 11.5 Å². The molecule has 0 aromatic heterocycles. The fourth-order valence-electron chi connectivity index (χ4n) is 2.76. The van der Waals surface area contributed by atoms with Gasteiger partial charge in [0.1, 0.15) is 11.5 Å². The number of hydrogen-bond donors (Lipinski definition) is 0. The number of methoxy groups -OCH3 is 2. The largest absolute Gasteiger partial charge is 0.497 e. The van der Waals surface area contributed by atoms with Crippen molar-refractivity contribution in [2.24, 2.45) is 0 Å². The fraction of sp³-hybridized carbons (Fsp3) is 0.333. The lowest BCUT2D eigenvalue weighted by molar-refractivity contribution is 0.0440. The summed E-state index contributed by atoms with van der Waals surface area (Å²) in [5.41, 5.74) is 2.43. The van der Waals surface area contributed by atoms with E-state index in [0.29, 0.717) is 0 Å². The van der Waals surface area contributed by atoms with Gasteiger partial charge in [-0.3, -0.25) is 0 Å². The first kappa shape index (κ1) is 14.0. The highest BCUT2D eigenvalue weighted by Crippen LogP contribution is 2.41. The third-order valence-corrected chi connectivity index (χ3v) is 3.99. The van der Waals surface area contributed by atoms with Gasteiger partial charge in [0.05, 0.1) is 26.4 Å². The molecule has 2 atom stereocenters. The Labute approximate surface area is 125 Å². The molecule has 1 heterocycles. The van der Waals surface area contributed by atoms with Crippen LogP contribution in [0.15, 0.2) is 48.5 Å². The Kier molecular flexibility index (Phi) is 4.11. The van der Waals surface area contributed by atoms with Gasteiger partial charge in [0.25, 0.3) is 0 Å². The van der Waals surface area contributed by atoms with Crippen LogP contribution in [0.2, 0.25) is 0 Å². The Morgan fingerprint density at radius 2 is 1.10 bits per heavy atom. The van der Waals surface area contributed by atoms with Crippen molar-refractivity contribution in [2.75, 3.05) is 14.2 Å². The third kappa shape index (κ3) is 3.03. The number of hydrogen-bond acceptors (Lipinski definition) is 3. The smallest absolute Gasteiger partial charge is 0.118 e. The van der Waals surface area contributed by atoms with Crippen molar-refractivity contribution in [3.63, 3.8) is 0 Å². The van der Waals surface area contributed by atoms with Crippen LogP contribution >= 0.6 is 0 Å². The van der Waals surface area contributed by atoms with E-state index in [4.69, 9.17) is 14.2 Å². The average Bonchev–Trinajstić information content (AvgIpc) is 3.05. The van der Waals surface area contributed by atoms with Crippen molar-refractivity contribution in [3.05, 3.63) is 59.7 Å². The van der Waals surface area contributed by atoms with E-state index >= 15 is 0 Å². The maximum absolute atomic E-state index is 6.20. The van der Waals surface area contributed by atoms with Gasteiger partial charge in [-0.15, -0.1) is 0 Å². The normalized spacial score (nSPS) is 21.2. The van der Waals surface area contributed by atoms with Gasteiger partial charge in [-0.2, -0.15) is 0 Å². The molecule has 2 aromatic rings. The van der Waals surface area contributed by atoms with E-state index in [1.165, 1.54) is 11.1 Å². The first-order chi connectivity index (χ1) is 10.3. The Hall–Kier alpha value is -2.00. The van der Waals surface area contributed by atoms with Gasteiger partial charge in [0.15, 0.2) is 0 Å². The summed E-state index contributed by atoms with van der Waals surface area (Å²) in [4.78, 5) is 0. The SMILES string of the molecule is COc1ccc([C@H]2CC[C@H](c3ccc(OC)cc3)O2)cc1. The van der Waals surface area contributed by atoms with Crippen molar-refractivity contribution >= 4 is 0 Å². The summed E-state index contributed by atoms with van der Waals surface area (Å²) in [5, 5.41) is 0. The van der Waals surface area contributed by atoms with E-state index in [1.54, 1.807) is 14.2 Å². The van der Waals surface area contributed by atoms with E-state index in [9.17, 15) is 0 Å². The summed E-state index contributed by atoms with van der Waals surface area (Å²) >= 11 is 0. The summed E-state index contributed by atoms with van der Waals surface area (Å²) in [6, 6.07) is 16.3. The lowest BCUT2D eigenvalue weighted by atomic mass is 10.0. The zero-order valence-electron chi connectivity index (χ0n) is 12.4. The molecule has 1 aliphatic heterocycles. The number of ether oxygens (including phenoxy) is 3. The van der Waals surface area contributed by atoms with Crippen molar-refractivity contribution in [2.45, 2.75) is 25.0 Å². The van der Waals surface area contributed by atoms with Crippen molar-refractivity contribution in [1.82, 2.24) is 0 Å². The van der Waals surface area contributed by atoms with Crippen LogP contribution < -0.4 is 9.47 Å². The molecule has 3 heteroatoms. The number of benzene rings is 2. The molecule has 2 aromatic carbocycles. The molecule has 0 amide bonds. The van der Waals surface area contributed by atoms with Gasteiger partial charge in [-0.1, -0.05) is 24.3 Å². The van der Waals surface area contributed by atoms with E-state index < -0.39 is 0 Å². The van der Waals surface area contributed by atoms with Gasteiger partial charge in [0.2, 0.25) is 0 Å². The highest BCUT2D eigenvalue weighted by atomic mass is 16.5. The lowest BCUT2D eigenvalue weighted by Gasteiger charge is -2.15. The highest BCUT2D eigenvalue weighted by molar-refractivity contribution is 5.31. The molecule has 0 aliphatic carbocycles. The molecule has 1 fully saturated rings. The van der Waals surface area contributed by atoms with Crippen LogP contribution in [0.4, 0.5) is 0 Å².